The van der Waals surface area contributed by atoms with Crippen LogP contribution in [0.2, 0.25) is 5.02 Å². The Hall–Kier alpha value is -3.00. The number of pyridine rings is 1. The number of carbonyl (C=O) groups excluding carboxylic acids is 1. The number of nitrogens with one attached hydrogen (secondary N) is 1. The number of nitrogens with zero attached hydrogens (tertiary/aromatic N) is 3. The Kier molecular flexibility index (Phi) is 6.14. The summed E-state index contributed by atoms with van der Waals surface area (Å²) >= 11 is 6.08. The van der Waals surface area contributed by atoms with E-state index in [1.54, 1.807) is 28.6 Å². The molecule has 0 spiro atoms. The molecule has 0 bridgehead atoms. The van der Waals surface area contributed by atoms with E-state index in [-0.39, 0.29) is 23.1 Å². The van der Waals surface area contributed by atoms with Crippen LogP contribution in [0.4, 0.5) is 4.79 Å². The predicted molar refractivity (Wildman–Crippen MR) is 129 cm³/mol. The molecule has 0 unspecified atom stereocenters. The molecule has 0 atom stereocenters. The topological polar surface area (TPSA) is 89.3 Å². The van der Waals surface area contributed by atoms with Gasteiger partial charge in [-0.05, 0) is 57.2 Å². The van der Waals surface area contributed by atoms with Gasteiger partial charge in [-0.2, -0.15) is 0 Å². The number of halogens is 1. The lowest BCUT2D eigenvalue weighted by atomic mass is 9.96. The third kappa shape index (κ3) is 4.85. The Morgan fingerprint density at radius 1 is 1.15 bits per heavy atom. The van der Waals surface area contributed by atoms with Crippen molar-refractivity contribution in [3.63, 3.8) is 0 Å². The van der Waals surface area contributed by atoms with Crippen LogP contribution in [0.15, 0.2) is 39.9 Å². The second-order valence-corrected chi connectivity index (χ2v) is 10.1. The lowest BCUT2D eigenvalue weighted by Gasteiger charge is -2.34. The van der Waals surface area contributed by atoms with Crippen LogP contribution in [-0.4, -0.2) is 44.0 Å². The third-order valence-corrected chi connectivity index (χ3v) is 6.19. The van der Waals surface area contributed by atoms with Crippen molar-refractivity contribution < 1.29 is 9.53 Å². The molecule has 0 saturated carbocycles. The number of likely N-dealkylation sites (tertiary alicyclic amines) is 1. The standard InChI is InChI=1S/C24H29ClN4O4/c1-24(2,3)33-23(32)28-11-9-15(10-12-28)14-29-19(30)13-18-20(22(31)27(4)26-18)21(29)16-5-7-17(25)8-6-16/h5-8,13,15,26H,9-12,14H2,1-4H3. The number of rotatable bonds is 3. The van der Waals surface area contributed by atoms with E-state index in [4.69, 9.17) is 16.3 Å². The van der Waals surface area contributed by atoms with Crippen LogP contribution in [0.3, 0.4) is 0 Å². The normalized spacial score (nSPS) is 15.2. The summed E-state index contributed by atoms with van der Waals surface area (Å²) in [5.41, 5.74) is 0.948. The van der Waals surface area contributed by atoms with Gasteiger partial charge >= 0.3 is 6.09 Å². The molecule has 1 aliphatic heterocycles. The van der Waals surface area contributed by atoms with Crippen molar-refractivity contribution >= 4 is 28.6 Å². The van der Waals surface area contributed by atoms with E-state index in [1.165, 1.54) is 10.7 Å². The second-order valence-electron chi connectivity index (χ2n) is 9.62. The molecule has 1 fully saturated rings. The number of aryl methyl sites for hydroxylation is 1. The Morgan fingerprint density at radius 2 is 1.79 bits per heavy atom. The van der Waals surface area contributed by atoms with Gasteiger partial charge in [-0.25, -0.2) is 4.79 Å². The van der Waals surface area contributed by atoms with Crippen LogP contribution in [-0.2, 0) is 18.3 Å². The van der Waals surface area contributed by atoms with E-state index in [0.717, 1.165) is 18.4 Å². The molecule has 1 N–H and O–H groups in total. The van der Waals surface area contributed by atoms with Crippen molar-refractivity contribution in [2.75, 3.05) is 13.1 Å². The second kappa shape index (κ2) is 8.74. The predicted octanol–water partition coefficient (Wildman–Crippen LogP) is 4.00. The molecular weight excluding hydrogens is 444 g/mol. The van der Waals surface area contributed by atoms with E-state index >= 15 is 0 Å². The Bertz CT molecular complexity index is 1290. The van der Waals surface area contributed by atoms with Gasteiger partial charge in [0.2, 0.25) is 0 Å². The molecule has 33 heavy (non-hydrogen) atoms. The first-order valence-corrected chi connectivity index (χ1v) is 11.5. The molecule has 1 amide bonds. The highest BCUT2D eigenvalue weighted by atomic mass is 35.5. The first-order chi connectivity index (χ1) is 15.5. The first kappa shape index (κ1) is 23.2. The number of hydrogen-bond acceptors (Lipinski definition) is 4. The maximum atomic E-state index is 13.1. The molecule has 8 nitrogen and oxygen atoms in total. The molecular formula is C24H29ClN4O4. The van der Waals surface area contributed by atoms with Gasteiger partial charge in [0.25, 0.3) is 11.1 Å². The van der Waals surface area contributed by atoms with Gasteiger partial charge in [0.1, 0.15) is 5.60 Å². The van der Waals surface area contributed by atoms with Crippen molar-refractivity contribution in [2.45, 2.75) is 45.8 Å². The van der Waals surface area contributed by atoms with E-state index in [2.05, 4.69) is 5.10 Å². The van der Waals surface area contributed by atoms with Crippen molar-refractivity contribution in [1.29, 1.82) is 0 Å². The monoisotopic (exact) mass is 472 g/mol. The number of carbonyl (C=O) groups is 1. The summed E-state index contributed by atoms with van der Waals surface area (Å²) in [6.45, 7) is 7.15. The number of benzene rings is 1. The molecule has 3 aromatic rings. The quantitative estimate of drug-likeness (QED) is 0.624. The molecule has 0 radical (unpaired) electrons. The van der Waals surface area contributed by atoms with Gasteiger partial charge in [-0.3, -0.25) is 19.4 Å². The summed E-state index contributed by atoms with van der Waals surface area (Å²) in [6.07, 6.45) is 1.18. The average molecular weight is 473 g/mol. The van der Waals surface area contributed by atoms with E-state index < -0.39 is 5.60 Å². The van der Waals surface area contributed by atoms with Crippen LogP contribution < -0.4 is 11.1 Å². The number of ether oxygens (including phenoxy) is 1. The van der Waals surface area contributed by atoms with Gasteiger partial charge in [-0.1, -0.05) is 23.7 Å². The summed E-state index contributed by atoms with van der Waals surface area (Å²) in [5.74, 6) is 0.188. The molecule has 2 aromatic heterocycles. The van der Waals surface area contributed by atoms with E-state index in [9.17, 15) is 14.4 Å². The van der Waals surface area contributed by atoms with Gasteiger partial charge in [0, 0.05) is 37.8 Å². The minimum atomic E-state index is -0.535. The molecule has 3 heterocycles. The highest BCUT2D eigenvalue weighted by Crippen LogP contribution is 2.28. The molecule has 4 rings (SSSR count). The summed E-state index contributed by atoms with van der Waals surface area (Å²) < 4.78 is 8.55. The Balaban J connectivity index is 1.66. The van der Waals surface area contributed by atoms with Crippen molar-refractivity contribution in [3.05, 3.63) is 56.1 Å². The van der Waals surface area contributed by atoms with Crippen LogP contribution in [0, 0.1) is 5.92 Å². The van der Waals surface area contributed by atoms with Gasteiger partial charge in [0.05, 0.1) is 16.6 Å². The SMILES string of the molecule is Cn1[nH]c2cc(=O)n(CC3CCN(C(=O)OC(C)(C)C)CC3)c(-c3ccc(Cl)cc3)c2c1=O. The summed E-state index contributed by atoms with van der Waals surface area (Å²) in [4.78, 5) is 40.1. The number of aromatic amines is 1. The fourth-order valence-corrected chi connectivity index (χ4v) is 4.45. The van der Waals surface area contributed by atoms with E-state index in [0.29, 0.717) is 41.3 Å². The summed E-state index contributed by atoms with van der Waals surface area (Å²) in [5, 5.41) is 4.02. The van der Waals surface area contributed by atoms with E-state index in [1.807, 2.05) is 32.9 Å². The van der Waals surface area contributed by atoms with Crippen molar-refractivity contribution in [3.8, 4) is 11.3 Å². The van der Waals surface area contributed by atoms with Crippen LogP contribution >= 0.6 is 11.6 Å². The lowest BCUT2D eigenvalue weighted by molar-refractivity contribution is 0.0178. The molecule has 1 aromatic carbocycles. The molecule has 0 aliphatic carbocycles. The maximum Gasteiger partial charge on any atom is 0.410 e. The molecule has 9 heteroatoms. The minimum absolute atomic E-state index is 0.177. The fraction of sp³-hybridized carbons (Fsp3) is 0.458. The Labute approximate surface area is 196 Å². The third-order valence-electron chi connectivity index (χ3n) is 5.94. The number of piperidine rings is 1. The van der Waals surface area contributed by atoms with Gasteiger partial charge in [-0.15, -0.1) is 0 Å². The zero-order valence-corrected chi connectivity index (χ0v) is 20.1. The van der Waals surface area contributed by atoms with Crippen LogP contribution in [0.1, 0.15) is 33.6 Å². The molecule has 176 valence electrons. The average Bonchev–Trinajstić information content (AvgIpc) is 3.02. The smallest absolute Gasteiger partial charge is 0.410 e. The van der Waals surface area contributed by atoms with Crippen LogP contribution in [0.5, 0.6) is 0 Å². The summed E-state index contributed by atoms with van der Waals surface area (Å²) in [6, 6.07) is 8.63. The number of aromatic nitrogens is 3. The zero-order valence-electron chi connectivity index (χ0n) is 19.4. The molecule has 1 saturated heterocycles. The maximum absolute atomic E-state index is 13.1. The van der Waals surface area contributed by atoms with Gasteiger partial charge in [0.15, 0.2) is 0 Å². The number of fused-ring (bicyclic) bond motifs is 1. The van der Waals surface area contributed by atoms with Gasteiger partial charge < -0.3 is 14.2 Å². The molecule has 1 aliphatic rings. The summed E-state index contributed by atoms with van der Waals surface area (Å²) in [7, 11) is 1.63. The van der Waals surface area contributed by atoms with Crippen molar-refractivity contribution in [2.24, 2.45) is 13.0 Å². The number of hydrogen-bond donors (Lipinski definition) is 1. The largest absolute Gasteiger partial charge is 0.444 e. The fourth-order valence-electron chi connectivity index (χ4n) is 4.32. The highest BCUT2D eigenvalue weighted by Gasteiger charge is 2.28. The zero-order chi connectivity index (χ0) is 23.9. The highest BCUT2D eigenvalue weighted by molar-refractivity contribution is 6.30. The minimum Gasteiger partial charge on any atom is -0.444 e. The first-order valence-electron chi connectivity index (χ1n) is 11.1. The Morgan fingerprint density at radius 3 is 2.39 bits per heavy atom. The lowest BCUT2D eigenvalue weighted by Crippen LogP contribution is -2.42. The number of H-pyrrole nitrogens is 1. The van der Waals surface area contributed by atoms with Crippen LogP contribution in [0.25, 0.3) is 22.2 Å². The van der Waals surface area contributed by atoms with Crippen molar-refractivity contribution in [1.82, 2.24) is 19.2 Å². The number of amides is 1.